The summed E-state index contributed by atoms with van der Waals surface area (Å²) in [6.45, 7) is 4.81. The highest BCUT2D eigenvalue weighted by atomic mass is 32.2. The number of nitrogens with zero attached hydrogens (tertiary/aromatic N) is 5. The third-order valence-corrected chi connectivity index (χ3v) is 6.21. The summed E-state index contributed by atoms with van der Waals surface area (Å²) < 4.78 is 7.65. The number of benzene rings is 1. The summed E-state index contributed by atoms with van der Waals surface area (Å²) in [5.74, 6) is 3.13. The van der Waals surface area contributed by atoms with Crippen LogP contribution >= 0.6 is 11.8 Å². The minimum Gasteiger partial charge on any atom is -0.467 e. The van der Waals surface area contributed by atoms with E-state index in [2.05, 4.69) is 26.6 Å². The predicted molar refractivity (Wildman–Crippen MR) is 111 cm³/mol. The van der Waals surface area contributed by atoms with Gasteiger partial charge in [0.15, 0.2) is 5.16 Å². The molecule has 2 aromatic heterocycles. The molecule has 0 radical (unpaired) electrons. The zero-order valence-corrected chi connectivity index (χ0v) is 17.0. The lowest BCUT2D eigenvalue weighted by atomic mass is 10.00. The predicted octanol–water partition coefficient (Wildman–Crippen LogP) is 4.36. The molecule has 0 spiro atoms. The first-order valence-corrected chi connectivity index (χ1v) is 10.7. The van der Waals surface area contributed by atoms with E-state index in [1.165, 1.54) is 12.1 Å². The third kappa shape index (κ3) is 4.61. The van der Waals surface area contributed by atoms with Crippen LogP contribution in [0.2, 0.25) is 0 Å². The summed E-state index contributed by atoms with van der Waals surface area (Å²) in [6, 6.07) is 10.5. The lowest BCUT2D eigenvalue weighted by molar-refractivity contribution is -0.384. The topological polar surface area (TPSA) is 90.2 Å². The van der Waals surface area contributed by atoms with Crippen LogP contribution in [0.15, 0.2) is 52.2 Å². The molecule has 8 nitrogen and oxygen atoms in total. The molecule has 152 valence electrons. The fourth-order valence-corrected chi connectivity index (χ4v) is 4.28. The summed E-state index contributed by atoms with van der Waals surface area (Å²) in [6.07, 6.45) is 3.98. The Kier molecular flexibility index (Phi) is 5.84. The maximum absolute atomic E-state index is 10.8. The Morgan fingerprint density at radius 1 is 1.21 bits per heavy atom. The van der Waals surface area contributed by atoms with Gasteiger partial charge in [-0.2, -0.15) is 0 Å². The van der Waals surface area contributed by atoms with Crippen molar-refractivity contribution in [1.82, 2.24) is 14.8 Å². The van der Waals surface area contributed by atoms with Crippen molar-refractivity contribution in [2.75, 3.05) is 18.0 Å². The second kappa shape index (κ2) is 8.69. The molecule has 1 aliphatic heterocycles. The van der Waals surface area contributed by atoms with E-state index < -0.39 is 0 Å². The minimum atomic E-state index is -0.386. The molecule has 0 atom stereocenters. The lowest BCUT2D eigenvalue weighted by Gasteiger charge is -2.31. The quantitative estimate of drug-likeness (QED) is 0.323. The van der Waals surface area contributed by atoms with Crippen molar-refractivity contribution in [1.29, 1.82) is 0 Å². The van der Waals surface area contributed by atoms with E-state index in [4.69, 9.17) is 4.42 Å². The molecule has 1 aliphatic rings. The van der Waals surface area contributed by atoms with Crippen LogP contribution in [-0.4, -0.2) is 32.8 Å². The van der Waals surface area contributed by atoms with Gasteiger partial charge in [0.1, 0.15) is 5.76 Å². The van der Waals surface area contributed by atoms with Gasteiger partial charge in [-0.05, 0) is 36.5 Å². The standard InChI is InChI=1S/C20H23N5O3S/c1-15-8-10-23(11-9-15)19-21-22-20(24(19)13-18-3-2-12-28-18)29-14-16-4-6-17(7-5-16)25(26)27/h2-7,12,15H,8-11,13-14H2,1H3. The number of aromatic nitrogens is 3. The van der Waals surface area contributed by atoms with Crippen molar-refractivity contribution in [3.63, 3.8) is 0 Å². The van der Waals surface area contributed by atoms with Crippen LogP contribution < -0.4 is 4.90 Å². The molecule has 3 aromatic rings. The molecule has 3 heterocycles. The lowest BCUT2D eigenvalue weighted by Crippen LogP contribution is -2.35. The Morgan fingerprint density at radius 3 is 2.62 bits per heavy atom. The number of hydrogen-bond donors (Lipinski definition) is 0. The van der Waals surface area contributed by atoms with Crippen LogP contribution in [0.25, 0.3) is 0 Å². The van der Waals surface area contributed by atoms with Gasteiger partial charge in [-0.1, -0.05) is 30.8 Å². The number of non-ortho nitro benzene ring substituents is 1. The largest absolute Gasteiger partial charge is 0.467 e. The van der Waals surface area contributed by atoms with Gasteiger partial charge in [0.05, 0.1) is 17.7 Å². The molecule has 0 aliphatic carbocycles. The first-order valence-electron chi connectivity index (χ1n) is 9.67. The molecule has 1 fully saturated rings. The van der Waals surface area contributed by atoms with E-state index in [1.807, 2.05) is 12.1 Å². The van der Waals surface area contributed by atoms with E-state index in [0.717, 1.165) is 54.3 Å². The van der Waals surface area contributed by atoms with Crippen LogP contribution in [0.3, 0.4) is 0 Å². The Hall–Kier alpha value is -2.81. The maximum atomic E-state index is 10.8. The molecule has 1 saturated heterocycles. The number of furan rings is 1. The number of anilines is 1. The Labute approximate surface area is 173 Å². The fourth-order valence-electron chi connectivity index (χ4n) is 3.39. The van der Waals surface area contributed by atoms with Crippen molar-refractivity contribution in [3.8, 4) is 0 Å². The van der Waals surface area contributed by atoms with E-state index in [9.17, 15) is 10.1 Å². The first kappa shape index (κ1) is 19.5. The van der Waals surface area contributed by atoms with E-state index in [-0.39, 0.29) is 10.6 Å². The smallest absolute Gasteiger partial charge is 0.269 e. The van der Waals surface area contributed by atoms with Crippen LogP contribution in [0.4, 0.5) is 11.6 Å². The first-order chi connectivity index (χ1) is 14.1. The summed E-state index contributed by atoms with van der Waals surface area (Å²) in [5, 5.41) is 20.6. The molecule has 0 unspecified atom stereocenters. The highest BCUT2D eigenvalue weighted by Gasteiger charge is 2.23. The van der Waals surface area contributed by atoms with E-state index >= 15 is 0 Å². The summed E-state index contributed by atoms with van der Waals surface area (Å²) in [5.41, 5.74) is 1.10. The zero-order valence-electron chi connectivity index (χ0n) is 16.2. The molecule has 9 heteroatoms. The van der Waals surface area contributed by atoms with Crippen LogP contribution in [0.5, 0.6) is 0 Å². The molecule has 4 rings (SSSR count). The number of thioether (sulfide) groups is 1. The number of nitro groups is 1. The molecule has 29 heavy (non-hydrogen) atoms. The highest BCUT2D eigenvalue weighted by molar-refractivity contribution is 7.98. The van der Waals surface area contributed by atoms with Crippen molar-refractivity contribution >= 4 is 23.4 Å². The summed E-state index contributed by atoms with van der Waals surface area (Å²) in [4.78, 5) is 12.7. The summed E-state index contributed by atoms with van der Waals surface area (Å²) in [7, 11) is 0. The van der Waals surface area contributed by atoms with Crippen LogP contribution in [0.1, 0.15) is 31.1 Å². The van der Waals surface area contributed by atoms with Gasteiger partial charge in [-0.3, -0.25) is 14.7 Å². The number of hydrogen-bond acceptors (Lipinski definition) is 7. The second-order valence-electron chi connectivity index (χ2n) is 7.33. The maximum Gasteiger partial charge on any atom is 0.269 e. The Bertz CT molecular complexity index is 947. The fraction of sp³-hybridized carbons (Fsp3) is 0.400. The van der Waals surface area contributed by atoms with Gasteiger partial charge in [-0.25, -0.2) is 0 Å². The summed E-state index contributed by atoms with van der Waals surface area (Å²) >= 11 is 1.57. The van der Waals surface area contributed by atoms with E-state index in [0.29, 0.717) is 12.3 Å². The van der Waals surface area contributed by atoms with Crippen LogP contribution in [-0.2, 0) is 12.3 Å². The molecule has 0 N–H and O–H groups in total. The van der Waals surface area contributed by atoms with Crippen molar-refractivity contribution in [2.45, 2.75) is 37.2 Å². The van der Waals surface area contributed by atoms with E-state index in [1.54, 1.807) is 30.2 Å². The highest BCUT2D eigenvalue weighted by Crippen LogP contribution is 2.29. The Morgan fingerprint density at radius 2 is 1.97 bits per heavy atom. The Balaban J connectivity index is 1.53. The minimum absolute atomic E-state index is 0.0985. The number of piperidine rings is 1. The monoisotopic (exact) mass is 413 g/mol. The second-order valence-corrected chi connectivity index (χ2v) is 8.27. The van der Waals surface area contributed by atoms with Gasteiger partial charge in [-0.15, -0.1) is 10.2 Å². The molecular weight excluding hydrogens is 390 g/mol. The third-order valence-electron chi connectivity index (χ3n) is 5.17. The van der Waals surface area contributed by atoms with Gasteiger partial charge in [0.25, 0.3) is 5.69 Å². The molecular formula is C20H23N5O3S. The molecule has 0 bridgehead atoms. The molecule has 0 saturated carbocycles. The normalized spacial score (nSPS) is 15.0. The van der Waals surface area contributed by atoms with Crippen molar-refractivity contribution in [2.24, 2.45) is 5.92 Å². The van der Waals surface area contributed by atoms with Gasteiger partial charge in [0.2, 0.25) is 5.95 Å². The number of rotatable bonds is 7. The molecule has 0 amide bonds. The van der Waals surface area contributed by atoms with Crippen molar-refractivity contribution < 1.29 is 9.34 Å². The zero-order chi connectivity index (χ0) is 20.2. The van der Waals surface area contributed by atoms with Gasteiger partial charge >= 0.3 is 0 Å². The average molecular weight is 414 g/mol. The van der Waals surface area contributed by atoms with Gasteiger partial charge in [0, 0.05) is 31.0 Å². The number of nitro benzene ring substituents is 1. The van der Waals surface area contributed by atoms with Crippen molar-refractivity contribution in [3.05, 3.63) is 64.1 Å². The SMILES string of the molecule is CC1CCN(c2nnc(SCc3ccc([N+](=O)[O-])cc3)n2Cc2ccco2)CC1. The van der Waals surface area contributed by atoms with Gasteiger partial charge < -0.3 is 9.32 Å². The van der Waals surface area contributed by atoms with Crippen LogP contribution in [0, 0.1) is 16.0 Å². The average Bonchev–Trinajstić information content (AvgIpc) is 3.38. The molecule has 1 aromatic carbocycles.